The molecule has 1 aromatic carbocycles. The number of rotatable bonds is 3. The molecule has 138 valence electrons. The fraction of sp³-hybridized carbons (Fsp3) is 0.400. The fourth-order valence-electron chi connectivity index (χ4n) is 3.86. The summed E-state index contributed by atoms with van der Waals surface area (Å²) in [6.45, 7) is 1.93. The second kappa shape index (κ2) is 6.88. The van der Waals surface area contributed by atoms with Crippen molar-refractivity contribution in [3.8, 4) is 6.07 Å². The summed E-state index contributed by atoms with van der Waals surface area (Å²) in [5, 5.41) is 12.2. The summed E-state index contributed by atoms with van der Waals surface area (Å²) in [4.78, 5) is 21.8. The second-order valence-corrected chi connectivity index (χ2v) is 7.17. The third-order valence-electron chi connectivity index (χ3n) is 5.37. The Morgan fingerprint density at radius 1 is 1.26 bits per heavy atom. The fourth-order valence-corrected chi connectivity index (χ4v) is 3.86. The van der Waals surface area contributed by atoms with Gasteiger partial charge in [0.25, 0.3) is 0 Å². The summed E-state index contributed by atoms with van der Waals surface area (Å²) in [7, 11) is 1.77. The van der Waals surface area contributed by atoms with E-state index in [0.29, 0.717) is 17.2 Å². The van der Waals surface area contributed by atoms with Crippen molar-refractivity contribution in [2.75, 3.05) is 5.32 Å². The van der Waals surface area contributed by atoms with Gasteiger partial charge in [0.15, 0.2) is 5.65 Å². The smallest absolute Gasteiger partial charge is 0.324 e. The van der Waals surface area contributed by atoms with Crippen LogP contribution in [0.5, 0.6) is 0 Å². The van der Waals surface area contributed by atoms with Crippen molar-refractivity contribution in [3.05, 3.63) is 46.0 Å². The molecule has 0 spiro atoms. The van der Waals surface area contributed by atoms with Crippen LogP contribution in [-0.2, 0) is 7.05 Å². The maximum Gasteiger partial charge on any atom is 0.330 e. The van der Waals surface area contributed by atoms with Crippen molar-refractivity contribution in [1.82, 2.24) is 19.1 Å². The molecule has 1 saturated carbocycles. The van der Waals surface area contributed by atoms with Crippen molar-refractivity contribution < 1.29 is 0 Å². The number of hydrogen-bond donors (Lipinski definition) is 1. The Labute approximate surface area is 157 Å². The predicted molar refractivity (Wildman–Crippen MR) is 104 cm³/mol. The van der Waals surface area contributed by atoms with E-state index in [0.717, 1.165) is 42.5 Å². The molecule has 0 aliphatic heterocycles. The van der Waals surface area contributed by atoms with E-state index < -0.39 is 0 Å². The SMILES string of the molecule is Cc1cc(C#N)ccc1Nc1ncc2c(n1)n(C1CCCCC1)c(=O)n2C. The van der Waals surface area contributed by atoms with E-state index >= 15 is 0 Å². The predicted octanol–water partition coefficient (Wildman–Crippen LogP) is 3.56. The zero-order valence-corrected chi connectivity index (χ0v) is 15.6. The molecule has 1 N–H and O–H groups in total. The molecule has 1 fully saturated rings. The van der Waals surface area contributed by atoms with Crippen LogP contribution in [0.1, 0.15) is 49.3 Å². The van der Waals surface area contributed by atoms with E-state index in [9.17, 15) is 4.79 Å². The van der Waals surface area contributed by atoms with Crippen molar-refractivity contribution in [2.45, 2.75) is 45.1 Å². The highest BCUT2D eigenvalue weighted by Gasteiger charge is 2.22. The topological polar surface area (TPSA) is 88.5 Å². The lowest BCUT2D eigenvalue weighted by Gasteiger charge is -2.22. The van der Waals surface area contributed by atoms with E-state index in [-0.39, 0.29) is 11.7 Å². The van der Waals surface area contributed by atoms with Crippen LogP contribution in [-0.4, -0.2) is 19.1 Å². The van der Waals surface area contributed by atoms with E-state index in [1.807, 2.05) is 23.6 Å². The molecule has 0 atom stereocenters. The van der Waals surface area contributed by atoms with Crippen LogP contribution in [0.15, 0.2) is 29.2 Å². The van der Waals surface area contributed by atoms with Crippen LogP contribution < -0.4 is 11.0 Å². The molecular weight excluding hydrogens is 340 g/mol. The lowest BCUT2D eigenvalue weighted by molar-refractivity contribution is 0.350. The Morgan fingerprint density at radius 3 is 2.74 bits per heavy atom. The summed E-state index contributed by atoms with van der Waals surface area (Å²) in [6.07, 6.45) is 7.25. The van der Waals surface area contributed by atoms with Crippen molar-refractivity contribution in [2.24, 2.45) is 7.05 Å². The Kier molecular flexibility index (Phi) is 4.40. The third kappa shape index (κ3) is 3.08. The molecule has 7 nitrogen and oxygen atoms in total. The lowest BCUT2D eigenvalue weighted by atomic mass is 9.95. The molecule has 1 aliphatic carbocycles. The van der Waals surface area contributed by atoms with Crippen LogP contribution in [0.25, 0.3) is 11.2 Å². The first kappa shape index (κ1) is 17.3. The Balaban J connectivity index is 1.75. The molecule has 0 unspecified atom stereocenters. The Morgan fingerprint density at radius 2 is 2.04 bits per heavy atom. The van der Waals surface area contributed by atoms with Gasteiger partial charge >= 0.3 is 5.69 Å². The highest BCUT2D eigenvalue weighted by atomic mass is 16.1. The molecule has 27 heavy (non-hydrogen) atoms. The molecule has 2 aromatic heterocycles. The number of nitriles is 1. The molecule has 3 aromatic rings. The summed E-state index contributed by atoms with van der Waals surface area (Å²) < 4.78 is 3.47. The van der Waals surface area contributed by atoms with E-state index in [1.54, 1.807) is 23.9 Å². The first-order valence-electron chi connectivity index (χ1n) is 9.30. The van der Waals surface area contributed by atoms with Crippen LogP contribution in [0.3, 0.4) is 0 Å². The van der Waals surface area contributed by atoms with Gasteiger partial charge in [0, 0.05) is 18.8 Å². The maximum atomic E-state index is 12.8. The number of imidazole rings is 1. The quantitative estimate of drug-likeness (QED) is 0.769. The van der Waals surface area contributed by atoms with Gasteiger partial charge < -0.3 is 5.32 Å². The molecule has 2 heterocycles. The molecule has 7 heteroatoms. The minimum Gasteiger partial charge on any atom is -0.324 e. The van der Waals surface area contributed by atoms with E-state index in [4.69, 9.17) is 5.26 Å². The molecular formula is C20H22N6O. The molecule has 1 aliphatic rings. The van der Waals surface area contributed by atoms with E-state index in [2.05, 4.69) is 21.4 Å². The number of nitrogens with one attached hydrogen (secondary N) is 1. The summed E-state index contributed by atoms with van der Waals surface area (Å²) in [5.41, 5.74) is 3.79. The Bertz CT molecular complexity index is 1100. The number of nitrogens with zero attached hydrogens (tertiary/aromatic N) is 5. The standard InChI is InChI=1S/C20H22N6O/c1-13-10-14(11-21)8-9-16(13)23-19-22-12-17-18(24-19)26(20(27)25(17)2)15-6-4-3-5-7-15/h8-10,12,15H,3-7H2,1-2H3,(H,22,23,24). The van der Waals surface area contributed by atoms with Crippen molar-refractivity contribution in [1.29, 1.82) is 5.26 Å². The number of aromatic nitrogens is 4. The zero-order chi connectivity index (χ0) is 19.0. The molecule has 0 bridgehead atoms. The number of aryl methyl sites for hydroxylation is 2. The monoisotopic (exact) mass is 362 g/mol. The lowest BCUT2D eigenvalue weighted by Crippen LogP contribution is -2.27. The van der Waals surface area contributed by atoms with Gasteiger partial charge in [-0.1, -0.05) is 19.3 Å². The molecule has 0 saturated heterocycles. The minimum atomic E-state index is -0.0297. The Hall–Kier alpha value is -3.14. The summed E-state index contributed by atoms with van der Waals surface area (Å²) in [5.74, 6) is 0.450. The number of hydrogen-bond acceptors (Lipinski definition) is 5. The summed E-state index contributed by atoms with van der Waals surface area (Å²) in [6, 6.07) is 7.77. The first-order valence-corrected chi connectivity index (χ1v) is 9.30. The molecule has 0 amide bonds. The third-order valence-corrected chi connectivity index (χ3v) is 5.37. The van der Waals surface area contributed by atoms with Gasteiger partial charge in [-0.2, -0.15) is 10.2 Å². The molecule has 0 radical (unpaired) electrons. The zero-order valence-electron chi connectivity index (χ0n) is 15.6. The van der Waals surface area contributed by atoms with Gasteiger partial charge in [-0.05, 0) is 43.5 Å². The minimum absolute atomic E-state index is 0.0297. The second-order valence-electron chi connectivity index (χ2n) is 7.17. The van der Waals surface area contributed by atoms with Gasteiger partial charge in [0.2, 0.25) is 5.95 Å². The average Bonchev–Trinajstić information content (AvgIpc) is 2.94. The van der Waals surface area contributed by atoms with Crippen LogP contribution >= 0.6 is 0 Å². The largest absolute Gasteiger partial charge is 0.330 e. The van der Waals surface area contributed by atoms with Gasteiger partial charge in [-0.15, -0.1) is 0 Å². The van der Waals surface area contributed by atoms with Crippen LogP contribution in [0.4, 0.5) is 11.6 Å². The van der Waals surface area contributed by atoms with Crippen molar-refractivity contribution in [3.63, 3.8) is 0 Å². The average molecular weight is 362 g/mol. The van der Waals surface area contributed by atoms with Crippen LogP contribution in [0, 0.1) is 18.3 Å². The van der Waals surface area contributed by atoms with Crippen LogP contribution in [0.2, 0.25) is 0 Å². The van der Waals surface area contributed by atoms with E-state index in [1.165, 1.54) is 6.42 Å². The first-order chi connectivity index (χ1) is 13.1. The van der Waals surface area contributed by atoms with Gasteiger partial charge in [-0.25, -0.2) is 9.78 Å². The maximum absolute atomic E-state index is 12.8. The van der Waals surface area contributed by atoms with Crippen molar-refractivity contribution >= 4 is 22.8 Å². The van der Waals surface area contributed by atoms with Gasteiger partial charge in [0.05, 0.1) is 17.8 Å². The number of benzene rings is 1. The highest BCUT2D eigenvalue weighted by Crippen LogP contribution is 2.29. The number of anilines is 2. The normalized spacial score (nSPS) is 15.0. The van der Waals surface area contributed by atoms with Gasteiger partial charge in [-0.3, -0.25) is 9.13 Å². The molecule has 4 rings (SSSR count). The number of fused-ring (bicyclic) bond motifs is 1. The summed E-state index contributed by atoms with van der Waals surface area (Å²) >= 11 is 0. The van der Waals surface area contributed by atoms with Gasteiger partial charge in [0.1, 0.15) is 5.52 Å². The highest BCUT2D eigenvalue weighted by molar-refractivity contribution is 5.73.